The first-order valence-corrected chi connectivity index (χ1v) is 9.51. The number of hydrogen-bond acceptors (Lipinski definition) is 4. The van der Waals surface area contributed by atoms with Crippen LogP contribution in [0.2, 0.25) is 0 Å². The zero-order chi connectivity index (χ0) is 15.0. The van der Waals surface area contributed by atoms with Gasteiger partial charge < -0.3 is 4.98 Å². The molecule has 2 aromatic rings. The van der Waals surface area contributed by atoms with E-state index in [1.807, 2.05) is 13.8 Å². The number of aromatic amines is 1. The molecule has 114 valence electrons. The number of thiophene rings is 1. The van der Waals surface area contributed by atoms with E-state index in [2.05, 4.69) is 21.4 Å². The number of hydrogen-bond donors (Lipinski definition) is 1. The Morgan fingerprint density at radius 2 is 2.29 bits per heavy atom. The monoisotopic (exact) mass is 325 g/mol. The van der Waals surface area contributed by atoms with E-state index in [4.69, 9.17) is 0 Å². The van der Waals surface area contributed by atoms with Crippen LogP contribution in [0.3, 0.4) is 0 Å². The molecule has 0 aliphatic carbocycles. The van der Waals surface area contributed by atoms with Crippen LogP contribution < -0.4 is 0 Å². The van der Waals surface area contributed by atoms with Crippen molar-refractivity contribution in [1.82, 2.24) is 14.3 Å². The van der Waals surface area contributed by atoms with E-state index in [0.29, 0.717) is 18.8 Å². The quantitative estimate of drug-likeness (QED) is 0.940. The van der Waals surface area contributed by atoms with Gasteiger partial charge in [-0.1, -0.05) is 13.8 Å². The molecule has 0 radical (unpaired) electrons. The van der Waals surface area contributed by atoms with Crippen molar-refractivity contribution in [3.05, 3.63) is 33.9 Å². The Kier molecular flexibility index (Phi) is 3.90. The zero-order valence-corrected chi connectivity index (χ0v) is 13.8. The minimum absolute atomic E-state index is 0.0709. The van der Waals surface area contributed by atoms with Gasteiger partial charge in [-0.3, -0.25) is 0 Å². The van der Waals surface area contributed by atoms with Crippen molar-refractivity contribution in [2.75, 3.05) is 6.54 Å². The fraction of sp³-hybridized carbons (Fsp3) is 0.500. The van der Waals surface area contributed by atoms with Gasteiger partial charge in [0.05, 0.1) is 12.2 Å². The molecule has 3 heterocycles. The predicted octanol–water partition coefficient (Wildman–Crippen LogP) is 2.73. The van der Waals surface area contributed by atoms with E-state index < -0.39 is 10.0 Å². The molecule has 2 aromatic heterocycles. The summed E-state index contributed by atoms with van der Waals surface area (Å²) in [6.07, 6.45) is 3.70. The first-order chi connectivity index (χ1) is 10.1. The Labute approximate surface area is 129 Å². The highest BCUT2D eigenvalue weighted by atomic mass is 32.2. The minimum atomic E-state index is -3.51. The van der Waals surface area contributed by atoms with Crippen LogP contribution in [0.1, 0.15) is 42.6 Å². The second-order valence-corrected chi connectivity index (χ2v) is 8.00. The van der Waals surface area contributed by atoms with E-state index in [0.717, 1.165) is 18.4 Å². The summed E-state index contributed by atoms with van der Waals surface area (Å²) in [5.41, 5.74) is 1.16. The smallest absolute Gasteiger partial charge is 0.260 e. The summed E-state index contributed by atoms with van der Waals surface area (Å²) in [6.45, 7) is 4.52. The van der Waals surface area contributed by atoms with E-state index in [1.165, 1.54) is 11.1 Å². The molecule has 3 rings (SSSR count). The van der Waals surface area contributed by atoms with Crippen LogP contribution >= 0.6 is 11.3 Å². The lowest BCUT2D eigenvalue weighted by Gasteiger charge is -2.33. The normalized spacial score (nSPS) is 19.6. The van der Waals surface area contributed by atoms with Crippen molar-refractivity contribution < 1.29 is 8.42 Å². The SMILES string of the molecule is CCc1ncc(S(=O)(=O)N2CCc3sccc3C2CC)[nH]1. The fourth-order valence-electron chi connectivity index (χ4n) is 2.86. The average molecular weight is 325 g/mol. The molecule has 0 amide bonds. The first kappa shape index (κ1) is 14.7. The fourth-order valence-corrected chi connectivity index (χ4v) is 5.41. The molecule has 1 unspecified atom stereocenters. The van der Waals surface area contributed by atoms with Crippen LogP contribution in [0.25, 0.3) is 0 Å². The summed E-state index contributed by atoms with van der Waals surface area (Å²) < 4.78 is 27.4. The lowest BCUT2D eigenvalue weighted by atomic mass is 10.0. The molecule has 1 aliphatic rings. The van der Waals surface area contributed by atoms with Gasteiger partial charge in [-0.2, -0.15) is 4.31 Å². The lowest BCUT2D eigenvalue weighted by molar-refractivity contribution is 0.302. The summed E-state index contributed by atoms with van der Waals surface area (Å²) in [7, 11) is -3.51. The zero-order valence-electron chi connectivity index (χ0n) is 12.2. The number of rotatable bonds is 4. The molecule has 1 N–H and O–H groups in total. The molecular weight excluding hydrogens is 306 g/mol. The highest BCUT2D eigenvalue weighted by Crippen LogP contribution is 2.38. The molecular formula is C14H19N3O2S2. The van der Waals surface area contributed by atoms with Crippen molar-refractivity contribution in [2.45, 2.75) is 44.2 Å². The van der Waals surface area contributed by atoms with Crippen molar-refractivity contribution >= 4 is 21.4 Å². The third kappa shape index (κ3) is 2.43. The number of aryl methyl sites for hydroxylation is 1. The van der Waals surface area contributed by atoms with Crippen LogP contribution in [0, 0.1) is 0 Å². The van der Waals surface area contributed by atoms with Crippen LogP contribution in [0.15, 0.2) is 22.7 Å². The van der Waals surface area contributed by atoms with Crippen LogP contribution in [0.5, 0.6) is 0 Å². The summed E-state index contributed by atoms with van der Waals surface area (Å²) in [6, 6.07) is 1.98. The minimum Gasteiger partial charge on any atom is -0.332 e. The van der Waals surface area contributed by atoms with E-state index in [9.17, 15) is 8.42 Å². The lowest BCUT2D eigenvalue weighted by Crippen LogP contribution is -2.39. The Balaban J connectivity index is 1.99. The molecule has 1 aliphatic heterocycles. The van der Waals surface area contributed by atoms with Gasteiger partial charge in [-0.05, 0) is 29.9 Å². The van der Waals surface area contributed by atoms with Crippen LogP contribution in [-0.2, 0) is 22.9 Å². The van der Waals surface area contributed by atoms with Gasteiger partial charge in [-0.15, -0.1) is 11.3 Å². The average Bonchev–Trinajstić information content (AvgIpc) is 3.14. The number of imidazole rings is 1. The number of aromatic nitrogens is 2. The van der Waals surface area contributed by atoms with Crippen molar-refractivity contribution in [2.24, 2.45) is 0 Å². The van der Waals surface area contributed by atoms with Crippen molar-refractivity contribution in [3.8, 4) is 0 Å². The molecule has 0 aromatic carbocycles. The second-order valence-electron chi connectivity index (χ2n) is 5.14. The standard InChI is InChI=1S/C14H19N3O2S2/c1-3-11-10-6-8-20-12(10)5-7-17(11)21(18,19)14-9-15-13(4-2)16-14/h6,8-9,11H,3-5,7H2,1-2H3,(H,15,16). The molecule has 5 nitrogen and oxygen atoms in total. The maximum absolute atomic E-state index is 12.9. The summed E-state index contributed by atoms with van der Waals surface area (Å²) in [5, 5.41) is 2.26. The Morgan fingerprint density at radius 3 is 2.95 bits per heavy atom. The highest BCUT2D eigenvalue weighted by Gasteiger charge is 2.36. The van der Waals surface area contributed by atoms with E-state index in [-0.39, 0.29) is 11.1 Å². The van der Waals surface area contributed by atoms with Crippen molar-refractivity contribution in [1.29, 1.82) is 0 Å². The van der Waals surface area contributed by atoms with Gasteiger partial charge in [-0.25, -0.2) is 13.4 Å². The first-order valence-electron chi connectivity index (χ1n) is 7.20. The molecule has 21 heavy (non-hydrogen) atoms. The maximum Gasteiger partial charge on any atom is 0.260 e. The predicted molar refractivity (Wildman–Crippen MR) is 82.9 cm³/mol. The highest BCUT2D eigenvalue weighted by molar-refractivity contribution is 7.89. The number of nitrogens with one attached hydrogen (secondary N) is 1. The molecule has 1 atom stereocenters. The van der Waals surface area contributed by atoms with Crippen LogP contribution in [-0.4, -0.2) is 29.2 Å². The Bertz CT molecular complexity index is 733. The Morgan fingerprint density at radius 1 is 1.48 bits per heavy atom. The van der Waals surface area contributed by atoms with Gasteiger partial charge in [0.2, 0.25) is 0 Å². The number of nitrogens with zero attached hydrogens (tertiary/aromatic N) is 2. The van der Waals surface area contributed by atoms with Gasteiger partial charge in [0.1, 0.15) is 5.82 Å². The second kappa shape index (κ2) is 5.55. The van der Waals surface area contributed by atoms with Gasteiger partial charge in [0.15, 0.2) is 5.03 Å². The molecule has 0 saturated heterocycles. The van der Waals surface area contributed by atoms with E-state index in [1.54, 1.807) is 15.6 Å². The third-order valence-electron chi connectivity index (χ3n) is 3.96. The Hall–Kier alpha value is -1.18. The molecule has 7 heteroatoms. The van der Waals surface area contributed by atoms with Gasteiger partial charge in [0, 0.05) is 17.8 Å². The van der Waals surface area contributed by atoms with E-state index >= 15 is 0 Å². The summed E-state index contributed by atoms with van der Waals surface area (Å²) in [4.78, 5) is 8.36. The number of sulfonamides is 1. The van der Waals surface area contributed by atoms with Crippen LogP contribution in [0.4, 0.5) is 0 Å². The molecule has 0 bridgehead atoms. The number of H-pyrrole nitrogens is 1. The van der Waals surface area contributed by atoms with Gasteiger partial charge in [0.25, 0.3) is 10.0 Å². The topological polar surface area (TPSA) is 66.1 Å². The molecule has 0 spiro atoms. The maximum atomic E-state index is 12.9. The summed E-state index contributed by atoms with van der Waals surface area (Å²) in [5.74, 6) is 0.704. The molecule has 0 fully saturated rings. The van der Waals surface area contributed by atoms with Crippen molar-refractivity contribution in [3.63, 3.8) is 0 Å². The number of fused-ring (bicyclic) bond motifs is 1. The van der Waals surface area contributed by atoms with Gasteiger partial charge >= 0.3 is 0 Å². The largest absolute Gasteiger partial charge is 0.332 e. The molecule has 0 saturated carbocycles. The third-order valence-corrected chi connectivity index (χ3v) is 6.77. The summed E-state index contributed by atoms with van der Waals surface area (Å²) >= 11 is 1.72.